The second-order valence-corrected chi connectivity index (χ2v) is 7.57. The lowest BCUT2D eigenvalue weighted by Crippen LogP contribution is -2.23. The number of carbonyl (C=O) groups excluding carboxylic acids is 1. The van der Waals surface area contributed by atoms with Gasteiger partial charge in [0.2, 0.25) is 0 Å². The van der Waals surface area contributed by atoms with Crippen LogP contribution >= 0.6 is 11.3 Å². The molecule has 0 aliphatic rings. The lowest BCUT2D eigenvalue weighted by molar-refractivity contribution is 0.0947. The molecular weight excluding hydrogens is 389 g/mol. The predicted molar refractivity (Wildman–Crippen MR) is 112 cm³/mol. The highest BCUT2D eigenvalue weighted by molar-refractivity contribution is 7.17. The van der Waals surface area contributed by atoms with Gasteiger partial charge < -0.3 is 10.1 Å². The summed E-state index contributed by atoms with van der Waals surface area (Å²) < 4.78 is 20.7. The number of nitrogens with zero attached hydrogens (tertiary/aromatic N) is 2. The standard InChI is InChI=1S/C22H20FN3O2S/c1-3-28-19-7-5-4-6-17(19)21(27)24-12-20-14(2)26-13-18(25-22(26)29-20)15-8-10-16(23)11-9-15/h4-11,13H,3,12H2,1-2H3,(H,24,27). The van der Waals surface area contributed by atoms with Crippen LogP contribution in [-0.4, -0.2) is 21.9 Å². The molecule has 0 aliphatic heterocycles. The Morgan fingerprint density at radius 1 is 1.21 bits per heavy atom. The van der Waals surface area contributed by atoms with Crippen LogP contribution in [-0.2, 0) is 6.54 Å². The maximum atomic E-state index is 13.1. The maximum absolute atomic E-state index is 13.1. The van der Waals surface area contributed by atoms with Gasteiger partial charge in [0.05, 0.1) is 24.4 Å². The van der Waals surface area contributed by atoms with Crippen molar-refractivity contribution in [1.82, 2.24) is 14.7 Å². The smallest absolute Gasteiger partial charge is 0.255 e. The van der Waals surface area contributed by atoms with Crippen LogP contribution in [0.4, 0.5) is 4.39 Å². The molecule has 1 amide bonds. The lowest BCUT2D eigenvalue weighted by atomic mass is 10.2. The molecule has 7 heteroatoms. The second kappa shape index (κ2) is 8.05. The number of nitrogens with one attached hydrogen (secondary N) is 1. The number of imidazole rings is 1. The summed E-state index contributed by atoms with van der Waals surface area (Å²) in [6.07, 6.45) is 1.93. The Hall–Kier alpha value is -3.19. The number of aryl methyl sites for hydroxylation is 1. The predicted octanol–water partition coefficient (Wildman–Crippen LogP) is 4.84. The van der Waals surface area contributed by atoms with E-state index in [1.807, 2.05) is 36.6 Å². The van der Waals surface area contributed by atoms with Crippen molar-refractivity contribution in [2.75, 3.05) is 6.61 Å². The topological polar surface area (TPSA) is 55.6 Å². The largest absolute Gasteiger partial charge is 0.493 e. The van der Waals surface area contributed by atoms with Gasteiger partial charge in [-0.15, -0.1) is 0 Å². The number of benzene rings is 2. The molecule has 148 valence electrons. The van der Waals surface area contributed by atoms with Gasteiger partial charge in [-0.05, 0) is 50.2 Å². The molecule has 2 heterocycles. The molecule has 2 aromatic carbocycles. The SMILES string of the molecule is CCOc1ccccc1C(=O)NCc1sc2nc(-c3ccc(F)cc3)cn2c1C. The molecule has 0 aliphatic carbocycles. The highest BCUT2D eigenvalue weighted by Gasteiger charge is 2.16. The first-order valence-electron chi connectivity index (χ1n) is 9.30. The van der Waals surface area contributed by atoms with E-state index >= 15 is 0 Å². The van der Waals surface area contributed by atoms with Crippen LogP contribution in [0.3, 0.4) is 0 Å². The van der Waals surface area contributed by atoms with Crippen molar-refractivity contribution in [1.29, 1.82) is 0 Å². The average Bonchev–Trinajstić information content (AvgIpc) is 3.27. The molecule has 4 rings (SSSR count). The number of carbonyl (C=O) groups is 1. The fourth-order valence-electron chi connectivity index (χ4n) is 3.11. The molecule has 0 atom stereocenters. The summed E-state index contributed by atoms with van der Waals surface area (Å²) in [6, 6.07) is 13.5. The molecule has 0 saturated carbocycles. The number of para-hydroxylation sites is 1. The molecule has 0 unspecified atom stereocenters. The van der Waals surface area contributed by atoms with Crippen molar-refractivity contribution in [3.63, 3.8) is 0 Å². The van der Waals surface area contributed by atoms with Crippen molar-refractivity contribution in [2.45, 2.75) is 20.4 Å². The van der Waals surface area contributed by atoms with Gasteiger partial charge in [-0.1, -0.05) is 23.5 Å². The Bertz CT molecular complexity index is 1160. The van der Waals surface area contributed by atoms with Gasteiger partial charge in [0.15, 0.2) is 4.96 Å². The third-order valence-corrected chi connectivity index (χ3v) is 5.79. The summed E-state index contributed by atoms with van der Waals surface area (Å²) in [5, 5.41) is 2.97. The fourth-order valence-corrected chi connectivity index (χ4v) is 4.15. The number of rotatable bonds is 6. The van der Waals surface area contributed by atoms with E-state index in [-0.39, 0.29) is 11.7 Å². The zero-order valence-corrected chi connectivity index (χ0v) is 16.9. The molecule has 0 bridgehead atoms. The van der Waals surface area contributed by atoms with Crippen LogP contribution in [0.5, 0.6) is 5.75 Å². The number of amides is 1. The third-order valence-electron chi connectivity index (χ3n) is 4.63. The molecule has 2 aromatic heterocycles. The number of hydrogen-bond acceptors (Lipinski definition) is 4. The molecule has 4 aromatic rings. The van der Waals surface area contributed by atoms with Gasteiger partial charge in [-0.3, -0.25) is 9.20 Å². The Morgan fingerprint density at radius 2 is 1.97 bits per heavy atom. The first-order chi connectivity index (χ1) is 14.1. The summed E-state index contributed by atoms with van der Waals surface area (Å²) in [7, 11) is 0. The fraction of sp³-hybridized carbons (Fsp3) is 0.182. The molecule has 5 nitrogen and oxygen atoms in total. The number of aromatic nitrogens is 2. The van der Waals surface area contributed by atoms with Gasteiger partial charge in [-0.25, -0.2) is 9.37 Å². The van der Waals surface area contributed by atoms with Gasteiger partial charge in [0.25, 0.3) is 5.91 Å². The minimum atomic E-state index is -0.269. The van der Waals surface area contributed by atoms with E-state index in [1.165, 1.54) is 23.5 Å². The number of halogens is 1. The first-order valence-corrected chi connectivity index (χ1v) is 10.1. The number of ether oxygens (including phenoxy) is 1. The van der Waals surface area contributed by atoms with Crippen molar-refractivity contribution in [2.24, 2.45) is 0 Å². The van der Waals surface area contributed by atoms with Gasteiger partial charge >= 0.3 is 0 Å². The zero-order chi connectivity index (χ0) is 20.4. The molecule has 29 heavy (non-hydrogen) atoms. The van der Waals surface area contributed by atoms with E-state index in [4.69, 9.17) is 4.74 Å². The molecular formula is C22H20FN3O2S. The summed E-state index contributed by atoms with van der Waals surface area (Å²) >= 11 is 1.53. The van der Waals surface area contributed by atoms with E-state index in [2.05, 4.69) is 10.3 Å². The minimum Gasteiger partial charge on any atom is -0.493 e. The van der Waals surface area contributed by atoms with Crippen LogP contribution in [0.25, 0.3) is 16.2 Å². The van der Waals surface area contributed by atoms with Crippen LogP contribution in [0.2, 0.25) is 0 Å². The van der Waals surface area contributed by atoms with Gasteiger partial charge in [0, 0.05) is 22.3 Å². The zero-order valence-electron chi connectivity index (χ0n) is 16.1. The van der Waals surface area contributed by atoms with Gasteiger partial charge in [-0.2, -0.15) is 0 Å². The number of hydrogen-bond donors (Lipinski definition) is 1. The van der Waals surface area contributed by atoms with Crippen molar-refractivity contribution < 1.29 is 13.9 Å². The van der Waals surface area contributed by atoms with Crippen LogP contribution < -0.4 is 10.1 Å². The summed E-state index contributed by atoms with van der Waals surface area (Å²) in [5.41, 5.74) is 3.20. The molecule has 0 spiro atoms. The number of fused-ring (bicyclic) bond motifs is 1. The van der Waals surface area contributed by atoms with E-state index in [9.17, 15) is 9.18 Å². The quantitative estimate of drug-likeness (QED) is 0.496. The molecule has 0 saturated heterocycles. The monoisotopic (exact) mass is 409 g/mol. The van der Waals surface area contributed by atoms with E-state index in [0.717, 1.165) is 26.8 Å². The van der Waals surface area contributed by atoms with Crippen LogP contribution in [0.15, 0.2) is 54.7 Å². The third kappa shape index (κ3) is 3.86. The Balaban J connectivity index is 1.52. The summed E-state index contributed by atoms with van der Waals surface area (Å²) in [6.45, 7) is 4.79. The molecule has 0 radical (unpaired) electrons. The van der Waals surface area contributed by atoms with E-state index in [1.54, 1.807) is 24.3 Å². The van der Waals surface area contributed by atoms with E-state index in [0.29, 0.717) is 24.5 Å². The lowest BCUT2D eigenvalue weighted by Gasteiger charge is -2.10. The second-order valence-electron chi connectivity index (χ2n) is 6.51. The highest BCUT2D eigenvalue weighted by atomic mass is 32.1. The van der Waals surface area contributed by atoms with Crippen molar-refractivity contribution >= 4 is 22.2 Å². The highest BCUT2D eigenvalue weighted by Crippen LogP contribution is 2.27. The Morgan fingerprint density at radius 3 is 2.69 bits per heavy atom. The van der Waals surface area contributed by atoms with Gasteiger partial charge in [0.1, 0.15) is 11.6 Å². The van der Waals surface area contributed by atoms with Crippen LogP contribution in [0, 0.1) is 12.7 Å². The van der Waals surface area contributed by atoms with Crippen molar-refractivity contribution in [3.05, 3.63) is 76.7 Å². The molecule has 1 N–H and O–H groups in total. The summed E-state index contributed by atoms with van der Waals surface area (Å²) in [4.78, 5) is 19.1. The normalized spacial score (nSPS) is 11.0. The van der Waals surface area contributed by atoms with E-state index < -0.39 is 0 Å². The summed E-state index contributed by atoms with van der Waals surface area (Å²) in [5.74, 6) is 0.135. The molecule has 0 fully saturated rings. The Labute approximate surface area is 171 Å². The number of thiazole rings is 1. The van der Waals surface area contributed by atoms with Crippen LogP contribution in [0.1, 0.15) is 27.9 Å². The van der Waals surface area contributed by atoms with Crippen molar-refractivity contribution in [3.8, 4) is 17.0 Å². The average molecular weight is 409 g/mol. The first kappa shape index (κ1) is 19.1. The maximum Gasteiger partial charge on any atom is 0.255 e. The minimum absolute atomic E-state index is 0.175. The Kier molecular flexibility index (Phi) is 5.31.